The van der Waals surface area contributed by atoms with Gasteiger partial charge in [-0.15, -0.1) is 0 Å². The highest BCUT2D eigenvalue weighted by Crippen LogP contribution is 2.25. The summed E-state index contributed by atoms with van der Waals surface area (Å²) in [6.45, 7) is 0.959. The van der Waals surface area contributed by atoms with Crippen molar-refractivity contribution in [2.45, 2.75) is 11.3 Å². The summed E-state index contributed by atoms with van der Waals surface area (Å²) in [5.41, 5.74) is -0.00471. The van der Waals surface area contributed by atoms with E-state index < -0.39 is 21.7 Å². The van der Waals surface area contributed by atoms with Gasteiger partial charge in [-0.25, -0.2) is 12.8 Å². The maximum atomic E-state index is 13.9. The lowest BCUT2D eigenvalue weighted by molar-refractivity contribution is 0.0759. The molecule has 3 rings (SSSR count). The highest BCUT2D eigenvalue weighted by atomic mass is 35.5. The molecule has 0 spiro atoms. The third-order valence-electron chi connectivity index (χ3n) is 4.30. The first-order valence-electron chi connectivity index (χ1n) is 8.20. The molecule has 1 aliphatic rings. The molecule has 1 heterocycles. The van der Waals surface area contributed by atoms with Crippen LogP contribution in [0.5, 0.6) is 0 Å². The van der Waals surface area contributed by atoms with E-state index in [2.05, 4.69) is 0 Å². The van der Waals surface area contributed by atoms with E-state index in [1.54, 1.807) is 18.2 Å². The Bertz CT molecular complexity index is 920. The van der Waals surface area contributed by atoms with Gasteiger partial charge in [0.25, 0.3) is 5.91 Å². The van der Waals surface area contributed by atoms with E-state index in [0.717, 1.165) is 0 Å². The standard InChI is InChI=1S/C18H18ClFN2O3S/c19-15-7-2-4-9-17(15)26(24,25)22-11-5-10-21(12-13-22)18(23)14-6-1-3-8-16(14)20/h1-4,6-9H,5,10-13H2. The Morgan fingerprint density at radius 2 is 1.65 bits per heavy atom. The molecule has 1 amide bonds. The van der Waals surface area contributed by atoms with E-state index >= 15 is 0 Å². The molecule has 0 bridgehead atoms. The van der Waals surface area contributed by atoms with Crippen molar-refractivity contribution >= 4 is 27.5 Å². The summed E-state index contributed by atoms with van der Waals surface area (Å²) < 4.78 is 40.9. The van der Waals surface area contributed by atoms with E-state index in [1.807, 2.05) is 0 Å². The summed E-state index contributed by atoms with van der Waals surface area (Å²) in [6, 6.07) is 12.1. The number of sulfonamides is 1. The van der Waals surface area contributed by atoms with Gasteiger partial charge in [0.1, 0.15) is 10.7 Å². The molecule has 2 aromatic rings. The van der Waals surface area contributed by atoms with Crippen molar-refractivity contribution < 1.29 is 17.6 Å². The van der Waals surface area contributed by atoms with Gasteiger partial charge >= 0.3 is 0 Å². The third-order valence-corrected chi connectivity index (χ3v) is 6.70. The van der Waals surface area contributed by atoms with Gasteiger partial charge in [0.05, 0.1) is 10.6 Å². The molecule has 1 saturated heterocycles. The van der Waals surface area contributed by atoms with Gasteiger partial charge in [-0.1, -0.05) is 35.9 Å². The van der Waals surface area contributed by atoms with E-state index in [1.165, 1.54) is 39.5 Å². The van der Waals surface area contributed by atoms with Crippen molar-refractivity contribution in [1.82, 2.24) is 9.21 Å². The Kier molecular flexibility index (Phi) is 5.60. The monoisotopic (exact) mass is 396 g/mol. The predicted molar refractivity (Wildman–Crippen MR) is 97.1 cm³/mol. The Morgan fingerprint density at radius 1 is 0.962 bits per heavy atom. The van der Waals surface area contributed by atoms with Crippen LogP contribution < -0.4 is 0 Å². The molecule has 0 atom stereocenters. The minimum Gasteiger partial charge on any atom is -0.337 e. The second-order valence-electron chi connectivity index (χ2n) is 5.96. The first-order chi connectivity index (χ1) is 12.4. The fourth-order valence-electron chi connectivity index (χ4n) is 2.94. The maximum Gasteiger partial charge on any atom is 0.256 e. The third kappa shape index (κ3) is 3.75. The molecule has 1 aliphatic heterocycles. The molecule has 138 valence electrons. The van der Waals surface area contributed by atoms with Gasteiger partial charge in [-0.05, 0) is 30.7 Å². The average molecular weight is 397 g/mol. The highest BCUT2D eigenvalue weighted by molar-refractivity contribution is 7.89. The van der Waals surface area contributed by atoms with Gasteiger partial charge < -0.3 is 4.90 Å². The largest absolute Gasteiger partial charge is 0.337 e. The summed E-state index contributed by atoms with van der Waals surface area (Å²) in [5.74, 6) is -1.01. The molecule has 0 unspecified atom stereocenters. The van der Waals surface area contributed by atoms with Crippen molar-refractivity contribution in [3.8, 4) is 0 Å². The summed E-state index contributed by atoms with van der Waals surface area (Å²) in [4.78, 5) is 14.1. The smallest absolute Gasteiger partial charge is 0.256 e. The SMILES string of the molecule is O=C(c1ccccc1F)N1CCCN(S(=O)(=O)c2ccccc2Cl)CC1. The topological polar surface area (TPSA) is 57.7 Å². The molecule has 0 aliphatic carbocycles. The zero-order valence-electron chi connectivity index (χ0n) is 13.9. The molecular formula is C18H18ClFN2O3S. The number of amides is 1. The number of benzene rings is 2. The van der Waals surface area contributed by atoms with E-state index in [4.69, 9.17) is 11.6 Å². The predicted octanol–water partition coefficient (Wildman–Crippen LogP) is 3.02. The van der Waals surface area contributed by atoms with E-state index in [0.29, 0.717) is 13.0 Å². The quantitative estimate of drug-likeness (QED) is 0.801. The summed E-state index contributed by atoms with van der Waals surface area (Å²) >= 11 is 6.03. The molecule has 2 aromatic carbocycles. The van der Waals surface area contributed by atoms with Crippen LogP contribution in [0.15, 0.2) is 53.4 Å². The maximum absolute atomic E-state index is 13.9. The molecular weight excluding hydrogens is 379 g/mol. The number of carbonyl (C=O) groups is 1. The molecule has 8 heteroatoms. The van der Waals surface area contributed by atoms with Crippen molar-refractivity contribution in [3.63, 3.8) is 0 Å². The minimum absolute atomic E-state index is 0.00471. The normalized spacial score (nSPS) is 16.3. The van der Waals surface area contributed by atoms with Crippen LogP contribution in [0, 0.1) is 5.82 Å². The van der Waals surface area contributed by atoms with Crippen LogP contribution in [-0.4, -0.2) is 49.7 Å². The van der Waals surface area contributed by atoms with Crippen molar-refractivity contribution in [2.24, 2.45) is 0 Å². The molecule has 0 aromatic heterocycles. The number of nitrogens with zero attached hydrogens (tertiary/aromatic N) is 2. The first-order valence-corrected chi connectivity index (χ1v) is 10.0. The number of hydrogen-bond donors (Lipinski definition) is 0. The van der Waals surface area contributed by atoms with Crippen molar-refractivity contribution in [1.29, 1.82) is 0 Å². The van der Waals surface area contributed by atoms with E-state index in [-0.39, 0.29) is 35.1 Å². The second kappa shape index (κ2) is 7.73. The van der Waals surface area contributed by atoms with Gasteiger partial charge in [0.2, 0.25) is 10.0 Å². The molecule has 1 fully saturated rings. The van der Waals surface area contributed by atoms with Crippen LogP contribution in [0.1, 0.15) is 16.8 Å². The van der Waals surface area contributed by atoms with Crippen molar-refractivity contribution in [2.75, 3.05) is 26.2 Å². The van der Waals surface area contributed by atoms with Crippen LogP contribution in [0.25, 0.3) is 0 Å². The molecule has 5 nitrogen and oxygen atoms in total. The molecule has 0 radical (unpaired) electrons. The van der Waals surface area contributed by atoms with Gasteiger partial charge in [-0.3, -0.25) is 4.79 Å². The zero-order valence-corrected chi connectivity index (χ0v) is 15.5. The lowest BCUT2D eigenvalue weighted by atomic mass is 10.2. The van der Waals surface area contributed by atoms with Crippen LogP contribution >= 0.6 is 11.6 Å². The van der Waals surface area contributed by atoms with Gasteiger partial charge in [0.15, 0.2) is 0 Å². The van der Waals surface area contributed by atoms with Crippen molar-refractivity contribution in [3.05, 3.63) is 64.9 Å². The highest BCUT2D eigenvalue weighted by Gasteiger charge is 2.30. The minimum atomic E-state index is -3.75. The summed E-state index contributed by atoms with van der Waals surface area (Å²) in [5, 5.41) is 0.163. The fraction of sp³-hybridized carbons (Fsp3) is 0.278. The summed E-state index contributed by atoms with van der Waals surface area (Å²) in [6.07, 6.45) is 0.462. The molecule has 26 heavy (non-hydrogen) atoms. The fourth-order valence-corrected chi connectivity index (χ4v) is 4.90. The Morgan fingerprint density at radius 3 is 2.38 bits per heavy atom. The lowest BCUT2D eigenvalue weighted by Gasteiger charge is -2.22. The molecule has 0 N–H and O–H groups in total. The van der Waals surface area contributed by atoms with Gasteiger partial charge in [0, 0.05) is 26.2 Å². The Balaban J connectivity index is 1.77. The van der Waals surface area contributed by atoms with Gasteiger partial charge in [-0.2, -0.15) is 4.31 Å². The first kappa shape index (κ1) is 18.8. The van der Waals surface area contributed by atoms with Crippen LogP contribution in [0.3, 0.4) is 0 Å². The number of halogens is 2. The Hall–Kier alpha value is -1.96. The average Bonchev–Trinajstić information content (AvgIpc) is 2.88. The van der Waals surface area contributed by atoms with E-state index in [9.17, 15) is 17.6 Å². The van der Waals surface area contributed by atoms with Crippen LogP contribution in [0.2, 0.25) is 5.02 Å². The zero-order chi connectivity index (χ0) is 18.7. The lowest BCUT2D eigenvalue weighted by Crippen LogP contribution is -2.37. The number of hydrogen-bond acceptors (Lipinski definition) is 3. The number of carbonyl (C=O) groups excluding carboxylic acids is 1. The second-order valence-corrected chi connectivity index (χ2v) is 8.27. The summed E-state index contributed by atoms with van der Waals surface area (Å²) in [7, 11) is -3.75. The Labute approximate surface area is 157 Å². The van der Waals surface area contributed by atoms with Crippen LogP contribution in [-0.2, 0) is 10.0 Å². The number of rotatable bonds is 3. The van der Waals surface area contributed by atoms with Crippen LogP contribution in [0.4, 0.5) is 4.39 Å². The molecule has 0 saturated carbocycles.